The van der Waals surface area contributed by atoms with Gasteiger partial charge in [0.25, 0.3) is 0 Å². The van der Waals surface area contributed by atoms with Crippen molar-refractivity contribution in [3.05, 3.63) is 22.6 Å². The van der Waals surface area contributed by atoms with Crippen LogP contribution < -0.4 is 10.5 Å². The molecule has 0 bridgehead atoms. The first kappa shape index (κ1) is 12.0. The smallest absolute Gasteiger partial charge is 0.215 e. The molecule has 3 N–H and O–H groups in total. The van der Waals surface area contributed by atoms with Gasteiger partial charge in [0.2, 0.25) is 5.88 Å². The van der Waals surface area contributed by atoms with Gasteiger partial charge in [-0.15, -0.1) is 11.3 Å². The van der Waals surface area contributed by atoms with Gasteiger partial charge in [-0.1, -0.05) is 0 Å². The first-order valence-electron chi connectivity index (χ1n) is 5.86. The summed E-state index contributed by atoms with van der Waals surface area (Å²) in [5.41, 5.74) is 9.71. The Morgan fingerprint density at radius 1 is 1.26 bits per heavy atom. The fraction of sp³-hybridized carbons (Fsp3) is 0.231. The summed E-state index contributed by atoms with van der Waals surface area (Å²) in [6, 6.07) is 3.71. The van der Waals surface area contributed by atoms with E-state index in [9.17, 15) is 0 Å². The molecule has 19 heavy (non-hydrogen) atoms. The second-order valence-corrected chi connectivity index (χ2v) is 5.59. The zero-order valence-electron chi connectivity index (χ0n) is 10.9. The minimum absolute atomic E-state index is 0.553. The number of nitrogens with one attached hydrogen (secondary N) is 1. The first-order valence-corrected chi connectivity index (χ1v) is 6.68. The van der Waals surface area contributed by atoms with Gasteiger partial charge >= 0.3 is 0 Å². The van der Waals surface area contributed by atoms with E-state index in [0.717, 1.165) is 27.5 Å². The Balaban J connectivity index is 2.20. The lowest BCUT2D eigenvalue weighted by molar-refractivity contribution is 0.399. The number of H-pyrrole nitrogens is 1. The van der Waals surface area contributed by atoms with Crippen LogP contribution in [-0.4, -0.2) is 22.1 Å². The van der Waals surface area contributed by atoms with Gasteiger partial charge in [-0.3, -0.25) is 0 Å². The van der Waals surface area contributed by atoms with E-state index in [0.29, 0.717) is 11.5 Å². The second kappa shape index (κ2) is 4.24. The number of nitrogens with two attached hydrogens (primary N) is 1. The van der Waals surface area contributed by atoms with Gasteiger partial charge in [0.1, 0.15) is 5.82 Å². The number of aromatic amines is 1. The predicted octanol–water partition coefficient (Wildman–Crippen LogP) is 2.89. The molecule has 0 fully saturated rings. The Labute approximate surface area is 114 Å². The maximum absolute atomic E-state index is 6.07. The molecule has 0 spiro atoms. The van der Waals surface area contributed by atoms with Crippen molar-refractivity contribution in [1.29, 1.82) is 0 Å². The molecule has 0 unspecified atom stereocenters. The molecule has 3 aromatic heterocycles. The quantitative estimate of drug-likeness (QED) is 0.753. The average molecular weight is 274 g/mol. The zero-order valence-corrected chi connectivity index (χ0v) is 11.8. The molecule has 0 aromatic carbocycles. The standard InChI is InChI=1S/C13H14N4OS/c1-6-7(2)19-11(14)10(6)13-15-8-4-5-9(18-3)16-12(8)17-13/h4-5H,14H2,1-3H3,(H,15,16,17). The maximum Gasteiger partial charge on any atom is 0.215 e. The molecule has 0 aliphatic heterocycles. The van der Waals surface area contributed by atoms with Crippen molar-refractivity contribution in [2.75, 3.05) is 12.8 Å². The van der Waals surface area contributed by atoms with Crippen LogP contribution >= 0.6 is 11.3 Å². The minimum Gasteiger partial charge on any atom is -0.481 e. The van der Waals surface area contributed by atoms with Gasteiger partial charge in [-0.05, 0) is 25.5 Å². The van der Waals surface area contributed by atoms with Gasteiger partial charge < -0.3 is 15.5 Å². The van der Waals surface area contributed by atoms with E-state index in [1.165, 1.54) is 4.88 Å². The minimum atomic E-state index is 0.553. The largest absolute Gasteiger partial charge is 0.481 e. The van der Waals surface area contributed by atoms with E-state index in [1.807, 2.05) is 6.07 Å². The number of hydrogen-bond donors (Lipinski definition) is 2. The van der Waals surface area contributed by atoms with Crippen LogP contribution in [0.5, 0.6) is 5.88 Å². The summed E-state index contributed by atoms with van der Waals surface area (Å²) < 4.78 is 5.10. The van der Waals surface area contributed by atoms with Crippen molar-refractivity contribution in [1.82, 2.24) is 15.0 Å². The Kier molecular flexibility index (Phi) is 2.67. The topological polar surface area (TPSA) is 76.8 Å². The number of methoxy groups -OCH3 is 1. The Hall–Kier alpha value is -2.08. The van der Waals surface area contributed by atoms with Crippen molar-refractivity contribution in [2.45, 2.75) is 13.8 Å². The van der Waals surface area contributed by atoms with E-state index in [1.54, 1.807) is 24.5 Å². The number of thiophene rings is 1. The third-order valence-electron chi connectivity index (χ3n) is 3.18. The average Bonchev–Trinajstić information content (AvgIpc) is 2.90. The van der Waals surface area contributed by atoms with E-state index in [2.05, 4.69) is 28.8 Å². The number of rotatable bonds is 2. The van der Waals surface area contributed by atoms with E-state index >= 15 is 0 Å². The highest BCUT2D eigenvalue weighted by molar-refractivity contribution is 7.16. The summed E-state index contributed by atoms with van der Waals surface area (Å²) >= 11 is 1.58. The number of ether oxygens (including phenoxy) is 1. The van der Waals surface area contributed by atoms with Crippen molar-refractivity contribution >= 4 is 27.5 Å². The van der Waals surface area contributed by atoms with E-state index < -0.39 is 0 Å². The number of anilines is 1. The molecule has 0 saturated heterocycles. The summed E-state index contributed by atoms with van der Waals surface area (Å²) in [6.07, 6.45) is 0. The van der Waals surface area contributed by atoms with Crippen molar-refractivity contribution in [3.8, 4) is 17.3 Å². The molecule has 0 saturated carbocycles. The highest BCUT2D eigenvalue weighted by Gasteiger charge is 2.16. The molecule has 3 rings (SSSR count). The highest BCUT2D eigenvalue weighted by atomic mass is 32.1. The molecule has 5 nitrogen and oxygen atoms in total. The number of fused-ring (bicyclic) bond motifs is 1. The van der Waals surface area contributed by atoms with Crippen LogP contribution in [0.1, 0.15) is 10.4 Å². The molecule has 0 aliphatic carbocycles. The molecule has 3 heterocycles. The summed E-state index contributed by atoms with van der Waals surface area (Å²) in [5.74, 6) is 1.31. The summed E-state index contributed by atoms with van der Waals surface area (Å²) in [4.78, 5) is 13.3. The summed E-state index contributed by atoms with van der Waals surface area (Å²) in [6.45, 7) is 4.11. The molecule has 3 aromatic rings. The highest BCUT2D eigenvalue weighted by Crippen LogP contribution is 2.37. The van der Waals surface area contributed by atoms with Crippen molar-refractivity contribution in [2.24, 2.45) is 0 Å². The molecule has 0 atom stereocenters. The number of pyridine rings is 1. The third kappa shape index (κ3) is 1.84. The summed E-state index contributed by atoms with van der Waals surface area (Å²) in [5, 5.41) is 0.779. The molecular formula is C13H14N4OS. The van der Waals surface area contributed by atoms with Crippen LogP contribution in [0.3, 0.4) is 0 Å². The summed E-state index contributed by atoms with van der Waals surface area (Å²) in [7, 11) is 1.59. The van der Waals surface area contributed by atoms with E-state index in [-0.39, 0.29) is 0 Å². The molecule has 0 amide bonds. The van der Waals surface area contributed by atoms with Crippen LogP contribution in [0.15, 0.2) is 12.1 Å². The van der Waals surface area contributed by atoms with Crippen LogP contribution in [0, 0.1) is 13.8 Å². The lowest BCUT2D eigenvalue weighted by atomic mass is 10.1. The SMILES string of the molecule is COc1ccc2[nH]c(-c3c(N)sc(C)c3C)nc2n1. The van der Waals surface area contributed by atoms with Crippen molar-refractivity contribution in [3.63, 3.8) is 0 Å². The van der Waals surface area contributed by atoms with Gasteiger partial charge in [-0.2, -0.15) is 4.98 Å². The number of aryl methyl sites for hydroxylation is 1. The van der Waals surface area contributed by atoms with Gasteiger partial charge in [-0.25, -0.2) is 4.98 Å². The zero-order chi connectivity index (χ0) is 13.6. The number of aromatic nitrogens is 3. The molecule has 0 radical (unpaired) electrons. The molecule has 98 valence electrons. The Morgan fingerprint density at radius 2 is 2.05 bits per heavy atom. The van der Waals surface area contributed by atoms with E-state index in [4.69, 9.17) is 10.5 Å². The second-order valence-electron chi connectivity index (χ2n) is 4.33. The molecule has 6 heteroatoms. The number of hydrogen-bond acceptors (Lipinski definition) is 5. The van der Waals surface area contributed by atoms with Crippen molar-refractivity contribution < 1.29 is 4.74 Å². The van der Waals surface area contributed by atoms with Gasteiger partial charge in [0.05, 0.1) is 23.2 Å². The monoisotopic (exact) mass is 274 g/mol. The predicted molar refractivity (Wildman–Crippen MR) is 77.6 cm³/mol. The lowest BCUT2D eigenvalue weighted by Crippen LogP contribution is -1.88. The molecule has 0 aliphatic rings. The first-order chi connectivity index (χ1) is 9.10. The number of nitrogens with zero attached hydrogens (tertiary/aromatic N) is 2. The van der Waals surface area contributed by atoms with Crippen LogP contribution in [0.4, 0.5) is 5.00 Å². The van der Waals surface area contributed by atoms with Crippen LogP contribution in [0.2, 0.25) is 0 Å². The normalized spacial score (nSPS) is 11.1. The lowest BCUT2D eigenvalue weighted by Gasteiger charge is -1.96. The molecular weight excluding hydrogens is 260 g/mol. The third-order valence-corrected chi connectivity index (χ3v) is 4.22. The van der Waals surface area contributed by atoms with Crippen LogP contribution in [-0.2, 0) is 0 Å². The Bertz CT molecular complexity index is 759. The van der Waals surface area contributed by atoms with Crippen LogP contribution in [0.25, 0.3) is 22.6 Å². The maximum atomic E-state index is 6.07. The Morgan fingerprint density at radius 3 is 2.68 bits per heavy atom. The number of nitrogen functional groups attached to an aromatic ring is 1. The number of imidazole rings is 1. The van der Waals surface area contributed by atoms with Gasteiger partial charge in [0.15, 0.2) is 5.65 Å². The van der Waals surface area contributed by atoms with Gasteiger partial charge in [0, 0.05) is 10.9 Å². The fourth-order valence-corrected chi connectivity index (χ4v) is 2.99. The fourth-order valence-electron chi connectivity index (χ4n) is 2.05.